The molecule has 0 heterocycles. The van der Waals surface area contributed by atoms with Crippen LogP contribution in [-0.4, -0.2) is 20.6 Å². The Morgan fingerprint density at radius 3 is 2.38 bits per heavy atom. The second-order valence-electron chi connectivity index (χ2n) is 6.13. The molecule has 0 bridgehead atoms. The predicted octanol–water partition coefficient (Wildman–Crippen LogP) is 4.18. The van der Waals surface area contributed by atoms with Gasteiger partial charge >= 0.3 is 5.97 Å². The maximum Gasteiger partial charge on any atom is 0.343 e. The molecule has 0 saturated carbocycles. The third-order valence-corrected chi connectivity index (χ3v) is 5.35. The average molecular weight is 429 g/mol. The van der Waals surface area contributed by atoms with E-state index in [0.717, 1.165) is 5.56 Å². The van der Waals surface area contributed by atoms with E-state index >= 15 is 0 Å². The van der Waals surface area contributed by atoms with Crippen LogP contribution in [0.2, 0.25) is 5.02 Å². The second-order valence-corrected chi connectivity index (χ2v) is 8.23. The highest BCUT2D eigenvalue weighted by Gasteiger charge is 2.12. The summed E-state index contributed by atoms with van der Waals surface area (Å²) in [7, 11) is -3.78. The van der Waals surface area contributed by atoms with Crippen molar-refractivity contribution in [3.63, 3.8) is 0 Å². The van der Waals surface area contributed by atoms with Gasteiger partial charge in [-0.25, -0.2) is 9.63 Å². The molecule has 0 spiro atoms. The summed E-state index contributed by atoms with van der Waals surface area (Å²) < 4.78 is 29.6. The average Bonchev–Trinajstić information content (AvgIpc) is 2.69. The Morgan fingerprint density at radius 2 is 1.72 bits per heavy atom. The number of carbonyl (C=O) groups is 1. The van der Waals surface area contributed by atoms with Crippen LogP contribution >= 0.6 is 11.6 Å². The van der Waals surface area contributed by atoms with Gasteiger partial charge in [0.2, 0.25) is 0 Å². The summed E-state index contributed by atoms with van der Waals surface area (Å²) in [5, 5.41) is 4.20. The number of halogens is 1. The molecule has 8 heteroatoms. The van der Waals surface area contributed by atoms with Crippen molar-refractivity contribution in [3.05, 3.63) is 94.5 Å². The maximum absolute atomic E-state index is 12.2. The minimum Gasteiger partial charge on any atom is -0.423 e. The Balaban J connectivity index is 1.61. The highest BCUT2D eigenvalue weighted by Crippen LogP contribution is 2.15. The number of rotatable bonds is 6. The standard InChI is InChI=1S/C21H17ClN2O4S/c1-15-3-2-4-17(13-15)21(25)28-19-9-5-16(6-10-19)14-23-24-29(26,27)20-11-7-18(22)8-12-20/h2-14,24H,1H3/b23-14-. The Labute approximate surface area is 173 Å². The lowest BCUT2D eigenvalue weighted by atomic mass is 10.1. The van der Waals surface area contributed by atoms with E-state index in [1.165, 1.54) is 30.5 Å². The topological polar surface area (TPSA) is 84.8 Å². The van der Waals surface area contributed by atoms with E-state index in [9.17, 15) is 13.2 Å². The van der Waals surface area contributed by atoms with Crippen LogP contribution < -0.4 is 9.57 Å². The molecule has 0 aliphatic heterocycles. The molecule has 0 aliphatic rings. The minimum atomic E-state index is -3.78. The zero-order chi connectivity index (χ0) is 20.9. The normalized spacial score (nSPS) is 11.4. The van der Waals surface area contributed by atoms with E-state index in [-0.39, 0.29) is 4.90 Å². The lowest BCUT2D eigenvalue weighted by Gasteiger charge is -2.05. The molecule has 0 amide bonds. The summed E-state index contributed by atoms with van der Waals surface area (Å²) in [5.41, 5.74) is 2.05. The first-order valence-electron chi connectivity index (χ1n) is 8.53. The fourth-order valence-electron chi connectivity index (χ4n) is 2.40. The fourth-order valence-corrected chi connectivity index (χ4v) is 3.31. The minimum absolute atomic E-state index is 0.0532. The number of esters is 1. The first-order chi connectivity index (χ1) is 13.8. The quantitative estimate of drug-likeness (QED) is 0.276. The molecule has 1 N–H and O–H groups in total. The van der Waals surface area contributed by atoms with Crippen molar-refractivity contribution in [1.82, 2.24) is 4.83 Å². The van der Waals surface area contributed by atoms with Gasteiger partial charge in [-0.15, -0.1) is 0 Å². The van der Waals surface area contributed by atoms with E-state index < -0.39 is 16.0 Å². The van der Waals surface area contributed by atoms with Crippen molar-refractivity contribution in [2.75, 3.05) is 0 Å². The maximum atomic E-state index is 12.2. The summed E-state index contributed by atoms with van der Waals surface area (Å²) in [6.07, 6.45) is 1.35. The second kappa shape index (κ2) is 8.89. The lowest BCUT2D eigenvalue weighted by molar-refractivity contribution is 0.0734. The van der Waals surface area contributed by atoms with Gasteiger partial charge in [-0.1, -0.05) is 29.3 Å². The van der Waals surface area contributed by atoms with Crippen LogP contribution in [-0.2, 0) is 10.0 Å². The first-order valence-corrected chi connectivity index (χ1v) is 10.4. The first kappa shape index (κ1) is 20.6. The van der Waals surface area contributed by atoms with Gasteiger partial charge in [-0.3, -0.25) is 0 Å². The van der Waals surface area contributed by atoms with Gasteiger partial charge in [0.05, 0.1) is 16.7 Å². The third kappa shape index (κ3) is 5.66. The van der Waals surface area contributed by atoms with Crippen molar-refractivity contribution in [1.29, 1.82) is 0 Å². The van der Waals surface area contributed by atoms with Gasteiger partial charge < -0.3 is 4.74 Å². The third-order valence-electron chi connectivity index (χ3n) is 3.85. The molecule has 29 heavy (non-hydrogen) atoms. The summed E-state index contributed by atoms with van der Waals surface area (Å²) in [5.74, 6) is -0.0822. The highest BCUT2D eigenvalue weighted by molar-refractivity contribution is 7.89. The molecule has 6 nitrogen and oxygen atoms in total. The van der Waals surface area contributed by atoms with Crippen molar-refractivity contribution >= 4 is 33.8 Å². The number of nitrogens with one attached hydrogen (secondary N) is 1. The van der Waals surface area contributed by atoms with E-state index in [0.29, 0.717) is 21.9 Å². The zero-order valence-electron chi connectivity index (χ0n) is 15.4. The molecular weight excluding hydrogens is 412 g/mol. The molecule has 0 radical (unpaired) electrons. The van der Waals surface area contributed by atoms with E-state index in [2.05, 4.69) is 9.93 Å². The molecule has 0 fully saturated rings. The molecule has 0 aliphatic carbocycles. The number of benzene rings is 3. The molecule has 0 unspecified atom stereocenters. The molecule has 3 rings (SSSR count). The van der Waals surface area contributed by atoms with Crippen molar-refractivity contribution in [2.45, 2.75) is 11.8 Å². The molecule has 148 valence electrons. The smallest absolute Gasteiger partial charge is 0.343 e. The summed E-state index contributed by atoms with van der Waals surface area (Å²) >= 11 is 5.76. The zero-order valence-corrected chi connectivity index (χ0v) is 16.9. The summed E-state index contributed by atoms with van der Waals surface area (Å²) in [6.45, 7) is 1.89. The van der Waals surface area contributed by atoms with Crippen LogP contribution in [0.15, 0.2) is 82.8 Å². The Morgan fingerprint density at radius 1 is 1.03 bits per heavy atom. The number of aryl methyl sites for hydroxylation is 1. The molecule has 0 aromatic heterocycles. The SMILES string of the molecule is Cc1cccc(C(=O)Oc2ccc(/C=N\NS(=O)(=O)c3ccc(Cl)cc3)cc2)c1. The van der Waals surface area contributed by atoms with Gasteiger partial charge in [0.1, 0.15) is 5.75 Å². The van der Waals surface area contributed by atoms with Crippen LogP contribution in [0.1, 0.15) is 21.5 Å². The highest BCUT2D eigenvalue weighted by atomic mass is 35.5. The lowest BCUT2D eigenvalue weighted by Crippen LogP contribution is -2.18. The molecular formula is C21H17ClN2O4S. The predicted molar refractivity (Wildman–Crippen MR) is 112 cm³/mol. The van der Waals surface area contributed by atoms with Crippen molar-refractivity contribution < 1.29 is 17.9 Å². The monoisotopic (exact) mass is 428 g/mol. The largest absolute Gasteiger partial charge is 0.423 e. The Hall–Kier alpha value is -3.16. The van der Waals surface area contributed by atoms with E-state index in [1.54, 1.807) is 42.5 Å². The van der Waals surface area contributed by atoms with Gasteiger partial charge in [0, 0.05) is 5.02 Å². The molecule has 3 aromatic carbocycles. The van der Waals surface area contributed by atoms with Crippen LogP contribution in [0.4, 0.5) is 0 Å². The van der Waals surface area contributed by atoms with Crippen molar-refractivity contribution in [2.24, 2.45) is 5.10 Å². The van der Waals surface area contributed by atoms with Crippen LogP contribution in [0.5, 0.6) is 5.75 Å². The molecule has 3 aromatic rings. The Bertz CT molecular complexity index is 1140. The number of nitrogens with zero attached hydrogens (tertiary/aromatic N) is 1. The van der Waals surface area contributed by atoms with Crippen molar-refractivity contribution in [3.8, 4) is 5.75 Å². The fraction of sp³-hybridized carbons (Fsp3) is 0.0476. The number of hydrogen-bond donors (Lipinski definition) is 1. The van der Waals surface area contributed by atoms with Gasteiger partial charge in [0.15, 0.2) is 0 Å². The Kier molecular flexibility index (Phi) is 6.31. The molecule has 0 atom stereocenters. The molecule has 0 saturated heterocycles. The van der Waals surface area contributed by atoms with E-state index in [1.807, 2.05) is 13.0 Å². The van der Waals surface area contributed by atoms with Crippen LogP contribution in [0, 0.1) is 6.92 Å². The summed E-state index contributed by atoms with van der Waals surface area (Å²) in [6, 6.07) is 19.4. The summed E-state index contributed by atoms with van der Waals surface area (Å²) in [4.78, 5) is 14.3. The number of ether oxygens (including phenoxy) is 1. The van der Waals surface area contributed by atoms with E-state index in [4.69, 9.17) is 16.3 Å². The van der Waals surface area contributed by atoms with Crippen LogP contribution in [0.25, 0.3) is 0 Å². The number of carbonyl (C=O) groups excluding carboxylic acids is 1. The number of hydrogen-bond acceptors (Lipinski definition) is 5. The van der Waals surface area contributed by atoms with Gasteiger partial charge in [-0.2, -0.15) is 13.5 Å². The number of sulfonamides is 1. The van der Waals surface area contributed by atoms with Gasteiger partial charge in [0.25, 0.3) is 10.0 Å². The van der Waals surface area contributed by atoms with Crippen LogP contribution in [0.3, 0.4) is 0 Å². The van der Waals surface area contributed by atoms with Gasteiger partial charge in [-0.05, 0) is 73.2 Å². The number of hydrazone groups is 1.